The predicted molar refractivity (Wildman–Crippen MR) is 148 cm³/mol. The fourth-order valence-corrected chi connectivity index (χ4v) is 4.50. The van der Waals surface area contributed by atoms with Gasteiger partial charge in [-0.2, -0.15) is 0 Å². The van der Waals surface area contributed by atoms with Crippen LogP contribution in [-0.4, -0.2) is 55.6 Å². The van der Waals surface area contributed by atoms with Crippen molar-refractivity contribution >= 4 is 28.5 Å². The fraction of sp³-hybridized carbons (Fsp3) is 0.500. The molecule has 0 radical (unpaired) electrons. The number of H-pyrrole nitrogens is 1. The zero-order chi connectivity index (χ0) is 25.7. The average molecular weight is 468 g/mol. The van der Waals surface area contributed by atoms with Gasteiger partial charge in [0.15, 0.2) is 0 Å². The van der Waals surface area contributed by atoms with E-state index in [1.807, 2.05) is 13.0 Å². The number of aldehydes is 1. The zero-order valence-corrected chi connectivity index (χ0v) is 21.9. The molecule has 1 saturated heterocycles. The largest absolute Gasteiger partial charge is 0.354 e. The molecule has 1 aromatic heterocycles. The molecule has 6 N–H and O–H groups in total. The SMILES string of the molecule is C/C=C(\C=C/C(=N)CC)c1[nH]c2ccc(C3CCN(CC=O)CC3)cc2c1C(C)C.CN.CN. The summed E-state index contributed by atoms with van der Waals surface area (Å²) in [5.41, 5.74) is 15.9. The second-order valence-corrected chi connectivity index (χ2v) is 8.57. The van der Waals surface area contributed by atoms with Crippen molar-refractivity contribution in [2.75, 3.05) is 33.7 Å². The van der Waals surface area contributed by atoms with Gasteiger partial charge in [0, 0.05) is 22.3 Å². The van der Waals surface area contributed by atoms with E-state index in [1.165, 1.54) is 41.8 Å². The molecule has 0 unspecified atom stereocenters. The zero-order valence-electron chi connectivity index (χ0n) is 21.9. The third kappa shape index (κ3) is 7.49. The van der Waals surface area contributed by atoms with E-state index in [-0.39, 0.29) is 0 Å². The van der Waals surface area contributed by atoms with Crippen LogP contribution in [0.5, 0.6) is 0 Å². The Balaban J connectivity index is 0.00000137. The lowest BCUT2D eigenvalue weighted by atomic mass is 9.87. The Labute approximate surface area is 206 Å². The Morgan fingerprint density at radius 3 is 2.35 bits per heavy atom. The van der Waals surface area contributed by atoms with Crippen LogP contribution in [0.1, 0.15) is 75.6 Å². The second-order valence-electron chi connectivity index (χ2n) is 8.57. The number of piperidine rings is 1. The lowest BCUT2D eigenvalue weighted by Crippen LogP contribution is -2.34. The van der Waals surface area contributed by atoms with Crippen molar-refractivity contribution in [3.63, 3.8) is 0 Å². The molecule has 1 fully saturated rings. The summed E-state index contributed by atoms with van der Waals surface area (Å²) >= 11 is 0. The van der Waals surface area contributed by atoms with E-state index in [0.29, 0.717) is 24.1 Å². The fourth-order valence-electron chi connectivity index (χ4n) is 4.50. The number of aromatic amines is 1. The maximum Gasteiger partial charge on any atom is 0.133 e. The van der Waals surface area contributed by atoms with Gasteiger partial charge in [-0.25, -0.2) is 0 Å². The van der Waals surface area contributed by atoms with Crippen LogP contribution in [0.3, 0.4) is 0 Å². The molecule has 34 heavy (non-hydrogen) atoms. The summed E-state index contributed by atoms with van der Waals surface area (Å²) in [6, 6.07) is 6.88. The first-order chi connectivity index (χ1) is 16.5. The van der Waals surface area contributed by atoms with Crippen LogP contribution in [0.25, 0.3) is 16.5 Å². The molecule has 0 amide bonds. The summed E-state index contributed by atoms with van der Waals surface area (Å²) in [6.45, 7) is 11.1. The molecule has 0 bridgehead atoms. The van der Waals surface area contributed by atoms with Gasteiger partial charge in [0.05, 0.1) is 6.54 Å². The quantitative estimate of drug-likeness (QED) is 0.242. The van der Waals surface area contributed by atoms with Crippen LogP contribution < -0.4 is 11.5 Å². The van der Waals surface area contributed by atoms with Crippen molar-refractivity contribution < 1.29 is 4.79 Å². The van der Waals surface area contributed by atoms with Gasteiger partial charge in [0.1, 0.15) is 6.29 Å². The number of carbonyl (C=O) groups is 1. The third-order valence-corrected chi connectivity index (χ3v) is 6.28. The second kappa shape index (κ2) is 15.4. The minimum absolute atomic E-state index is 0.396. The highest BCUT2D eigenvalue weighted by molar-refractivity contribution is 5.96. The van der Waals surface area contributed by atoms with E-state index in [4.69, 9.17) is 5.41 Å². The van der Waals surface area contributed by atoms with Crippen molar-refractivity contribution in [3.05, 3.63) is 53.2 Å². The van der Waals surface area contributed by atoms with Crippen molar-refractivity contribution in [1.82, 2.24) is 9.88 Å². The van der Waals surface area contributed by atoms with E-state index in [9.17, 15) is 4.79 Å². The van der Waals surface area contributed by atoms with Gasteiger partial charge in [0.25, 0.3) is 0 Å². The predicted octanol–water partition coefficient (Wildman–Crippen LogP) is 5.21. The number of aromatic nitrogens is 1. The van der Waals surface area contributed by atoms with Crippen LogP contribution in [0.4, 0.5) is 0 Å². The first kappa shape index (κ1) is 29.5. The van der Waals surface area contributed by atoms with Crippen molar-refractivity contribution in [2.24, 2.45) is 11.5 Å². The first-order valence-corrected chi connectivity index (χ1v) is 12.4. The summed E-state index contributed by atoms with van der Waals surface area (Å²) in [5, 5.41) is 9.26. The van der Waals surface area contributed by atoms with Crippen LogP contribution in [-0.2, 0) is 4.79 Å². The van der Waals surface area contributed by atoms with Crippen molar-refractivity contribution in [1.29, 1.82) is 5.41 Å². The van der Waals surface area contributed by atoms with Gasteiger partial charge >= 0.3 is 0 Å². The van der Waals surface area contributed by atoms with Crippen molar-refractivity contribution in [3.8, 4) is 0 Å². The van der Waals surface area contributed by atoms with Crippen molar-refractivity contribution in [2.45, 2.75) is 58.8 Å². The third-order valence-electron chi connectivity index (χ3n) is 6.28. The number of rotatable bonds is 8. The molecule has 2 heterocycles. The summed E-state index contributed by atoms with van der Waals surface area (Å²) in [6.07, 6.45) is 10.1. The molecule has 1 aliphatic heterocycles. The van der Waals surface area contributed by atoms with E-state index in [2.05, 4.69) is 72.5 Å². The van der Waals surface area contributed by atoms with E-state index < -0.39 is 0 Å². The Bertz CT molecular complexity index is 963. The number of fused-ring (bicyclic) bond motifs is 1. The number of carbonyl (C=O) groups excluding carboxylic acids is 1. The average Bonchev–Trinajstić information content (AvgIpc) is 3.26. The van der Waals surface area contributed by atoms with Gasteiger partial charge in [0.2, 0.25) is 0 Å². The molecule has 6 nitrogen and oxygen atoms in total. The summed E-state index contributed by atoms with van der Waals surface area (Å²) in [7, 11) is 3.00. The Morgan fingerprint density at radius 2 is 1.82 bits per heavy atom. The molecule has 2 aromatic rings. The molecule has 0 spiro atoms. The minimum atomic E-state index is 0.396. The first-order valence-electron chi connectivity index (χ1n) is 12.4. The highest BCUT2D eigenvalue weighted by Gasteiger charge is 2.22. The van der Waals surface area contributed by atoms with Crippen LogP contribution >= 0.6 is 0 Å². The monoisotopic (exact) mass is 467 g/mol. The smallest absolute Gasteiger partial charge is 0.133 e. The Kier molecular flexibility index (Phi) is 13.3. The molecule has 0 aliphatic carbocycles. The summed E-state index contributed by atoms with van der Waals surface area (Å²) < 4.78 is 0. The molecule has 0 atom stereocenters. The van der Waals surface area contributed by atoms with E-state index in [0.717, 1.165) is 44.2 Å². The molecule has 1 aliphatic rings. The number of benzene rings is 1. The highest BCUT2D eigenvalue weighted by atomic mass is 16.1. The topological polar surface area (TPSA) is 112 Å². The highest BCUT2D eigenvalue weighted by Crippen LogP contribution is 2.37. The maximum atomic E-state index is 10.8. The van der Waals surface area contributed by atoms with E-state index >= 15 is 0 Å². The summed E-state index contributed by atoms with van der Waals surface area (Å²) in [4.78, 5) is 16.7. The number of nitrogens with two attached hydrogens (primary N) is 2. The van der Waals surface area contributed by atoms with Crippen LogP contribution in [0.15, 0.2) is 36.4 Å². The number of hydrogen-bond acceptors (Lipinski definition) is 5. The van der Waals surface area contributed by atoms with Gasteiger partial charge in [-0.3, -0.25) is 4.90 Å². The normalized spacial score (nSPS) is 15.1. The standard InChI is InChI=1S/C26H35N3O.2CH5N/c1-5-19(7-9-22(27)6-2)26-25(18(3)4)23-17-21(8-10-24(23)28-26)20-11-13-29(14-12-20)15-16-30;2*1-2/h5,7-10,16-18,20,27-28H,6,11-15H2,1-4H3;2*2H2,1H3/b9-7-,19-5+,27-22?;;. The van der Waals surface area contributed by atoms with Gasteiger partial charge in [-0.05, 0) is 100 Å². The lowest BCUT2D eigenvalue weighted by Gasteiger charge is -2.30. The Hall–Kier alpha value is -2.54. The minimum Gasteiger partial charge on any atom is -0.354 e. The van der Waals surface area contributed by atoms with Gasteiger partial charge in [-0.15, -0.1) is 0 Å². The molecule has 6 heteroatoms. The van der Waals surface area contributed by atoms with E-state index in [1.54, 1.807) is 0 Å². The van der Waals surface area contributed by atoms with Gasteiger partial charge in [-0.1, -0.05) is 39.0 Å². The molecule has 188 valence electrons. The number of allylic oxidation sites excluding steroid dienone is 4. The molecular formula is C28H45N5O. The number of nitrogens with one attached hydrogen (secondary N) is 2. The maximum absolute atomic E-state index is 10.8. The molecule has 0 saturated carbocycles. The van der Waals surface area contributed by atoms with Crippen LogP contribution in [0, 0.1) is 5.41 Å². The number of likely N-dealkylation sites (tertiary alicyclic amines) is 1. The number of nitrogens with zero attached hydrogens (tertiary/aromatic N) is 1. The number of hydrogen-bond donors (Lipinski definition) is 4. The molecular weight excluding hydrogens is 422 g/mol. The summed E-state index contributed by atoms with van der Waals surface area (Å²) in [5.74, 6) is 0.953. The molecule has 3 rings (SSSR count). The lowest BCUT2D eigenvalue weighted by molar-refractivity contribution is -0.109. The molecule has 1 aromatic carbocycles. The van der Waals surface area contributed by atoms with Gasteiger partial charge < -0.3 is 26.7 Å². The van der Waals surface area contributed by atoms with Crippen LogP contribution in [0.2, 0.25) is 0 Å². The Morgan fingerprint density at radius 1 is 1.18 bits per heavy atom.